The van der Waals surface area contributed by atoms with Crippen molar-refractivity contribution in [2.75, 3.05) is 20.6 Å². The molecule has 17 heavy (non-hydrogen) atoms. The minimum atomic E-state index is -0.118. The molecule has 1 rings (SSSR count). The number of rotatable bonds is 4. The standard InChI is InChI=1S/C14H22N2O/c1-10-5-6-12(7-11(10)2)8-13(9-15)14(17)16(3)4/h5-7,13H,8-9,15H2,1-4H3. The lowest BCUT2D eigenvalue weighted by Crippen LogP contribution is -2.35. The Morgan fingerprint density at radius 2 is 1.94 bits per heavy atom. The van der Waals surface area contributed by atoms with E-state index in [0.717, 1.165) is 0 Å². The molecule has 0 saturated carbocycles. The molecule has 0 aromatic heterocycles. The second kappa shape index (κ2) is 5.82. The van der Waals surface area contributed by atoms with Crippen LogP contribution in [0.4, 0.5) is 0 Å². The minimum Gasteiger partial charge on any atom is -0.349 e. The summed E-state index contributed by atoms with van der Waals surface area (Å²) in [6, 6.07) is 6.31. The molecule has 1 aromatic rings. The molecule has 0 heterocycles. The molecule has 3 nitrogen and oxygen atoms in total. The van der Waals surface area contributed by atoms with E-state index in [1.54, 1.807) is 19.0 Å². The Bertz CT molecular complexity index is 399. The summed E-state index contributed by atoms with van der Waals surface area (Å²) in [7, 11) is 3.54. The van der Waals surface area contributed by atoms with Gasteiger partial charge in [-0.05, 0) is 37.0 Å². The monoisotopic (exact) mass is 234 g/mol. The van der Waals surface area contributed by atoms with Gasteiger partial charge in [-0.25, -0.2) is 0 Å². The summed E-state index contributed by atoms with van der Waals surface area (Å²) in [6.45, 7) is 4.57. The molecular formula is C14H22N2O. The number of amides is 1. The van der Waals surface area contributed by atoms with Gasteiger partial charge in [-0.2, -0.15) is 0 Å². The van der Waals surface area contributed by atoms with Crippen LogP contribution in [0.5, 0.6) is 0 Å². The van der Waals surface area contributed by atoms with Gasteiger partial charge in [0.1, 0.15) is 0 Å². The van der Waals surface area contributed by atoms with Crippen LogP contribution >= 0.6 is 0 Å². The van der Waals surface area contributed by atoms with Crippen LogP contribution in [0.1, 0.15) is 16.7 Å². The quantitative estimate of drug-likeness (QED) is 0.858. The summed E-state index contributed by atoms with van der Waals surface area (Å²) in [4.78, 5) is 13.5. The van der Waals surface area contributed by atoms with E-state index >= 15 is 0 Å². The van der Waals surface area contributed by atoms with Crippen molar-refractivity contribution in [3.63, 3.8) is 0 Å². The van der Waals surface area contributed by atoms with Crippen LogP contribution < -0.4 is 5.73 Å². The van der Waals surface area contributed by atoms with Crippen molar-refractivity contribution in [2.24, 2.45) is 11.7 Å². The molecule has 0 bridgehead atoms. The van der Waals surface area contributed by atoms with E-state index in [0.29, 0.717) is 13.0 Å². The smallest absolute Gasteiger partial charge is 0.226 e. The Balaban J connectivity index is 2.80. The zero-order valence-corrected chi connectivity index (χ0v) is 11.2. The molecule has 1 unspecified atom stereocenters. The summed E-state index contributed by atoms with van der Waals surface area (Å²) >= 11 is 0. The van der Waals surface area contributed by atoms with Crippen molar-refractivity contribution in [1.82, 2.24) is 4.90 Å². The van der Waals surface area contributed by atoms with E-state index in [9.17, 15) is 4.79 Å². The number of hydrogen-bond donors (Lipinski definition) is 1. The van der Waals surface area contributed by atoms with Gasteiger partial charge in [0.25, 0.3) is 0 Å². The fourth-order valence-electron chi connectivity index (χ4n) is 1.85. The first-order chi connectivity index (χ1) is 7.95. The molecule has 1 aromatic carbocycles. The van der Waals surface area contributed by atoms with Crippen LogP contribution in [-0.4, -0.2) is 31.4 Å². The number of hydrogen-bond acceptors (Lipinski definition) is 2. The third kappa shape index (κ3) is 3.56. The number of carbonyl (C=O) groups excluding carboxylic acids is 1. The number of aryl methyl sites for hydroxylation is 2. The topological polar surface area (TPSA) is 46.3 Å². The molecule has 0 aliphatic heterocycles. The van der Waals surface area contributed by atoms with E-state index < -0.39 is 0 Å². The molecule has 1 amide bonds. The Kier molecular flexibility index (Phi) is 4.70. The molecule has 0 saturated heterocycles. The lowest BCUT2D eigenvalue weighted by atomic mass is 9.96. The second-order valence-electron chi connectivity index (χ2n) is 4.79. The Hall–Kier alpha value is -1.35. The Labute approximate surface area is 104 Å². The predicted octanol–water partition coefficient (Wildman–Crippen LogP) is 1.51. The summed E-state index contributed by atoms with van der Waals surface area (Å²) in [5, 5.41) is 0. The number of benzene rings is 1. The van der Waals surface area contributed by atoms with Gasteiger partial charge in [0.15, 0.2) is 0 Å². The van der Waals surface area contributed by atoms with Crippen LogP contribution in [0, 0.1) is 19.8 Å². The summed E-state index contributed by atoms with van der Waals surface area (Å²) in [5.41, 5.74) is 9.39. The molecule has 0 aliphatic carbocycles. The fourth-order valence-corrected chi connectivity index (χ4v) is 1.85. The Morgan fingerprint density at radius 1 is 1.29 bits per heavy atom. The SMILES string of the molecule is Cc1ccc(CC(CN)C(=O)N(C)C)cc1C. The average Bonchev–Trinajstić information content (AvgIpc) is 2.29. The lowest BCUT2D eigenvalue weighted by Gasteiger charge is -2.19. The predicted molar refractivity (Wildman–Crippen MR) is 70.9 cm³/mol. The van der Waals surface area contributed by atoms with Crippen LogP contribution in [0.2, 0.25) is 0 Å². The first kappa shape index (κ1) is 13.7. The molecule has 0 radical (unpaired) electrons. The molecule has 2 N–H and O–H groups in total. The van der Waals surface area contributed by atoms with Gasteiger partial charge in [-0.15, -0.1) is 0 Å². The van der Waals surface area contributed by atoms with Gasteiger partial charge in [-0.3, -0.25) is 4.79 Å². The van der Waals surface area contributed by atoms with Crippen molar-refractivity contribution in [3.05, 3.63) is 34.9 Å². The molecule has 1 atom stereocenters. The van der Waals surface area contributed by atoms with Gasteiger partial charge in [0, 0.05) is 20.6 Å². The maximum absolute atomic E-state index is 11.9. The third-order valence-corrected chi connectivity index (χ3v) is 3.13. The highest BCUT2D eigenvalue weighted by molar-refractivity contribution is 5.78. The van der Waals surface area contributed by atoms with Gasteiger partial charge in [0.05, 0.1) is 5.92 Å². The highest BCUT2D eigenvalue weighted by Gasteiger charge is 2.18. The average molecular weight is 234 g/mol. The first-order valence-electron chi connectivity index (χ1n) is 5.93. The van der Waals surface area contributed by atoms with Crippen molar-refractivity contribution in [1.29, 1.82) is 0 Å². The lowest BCUT2D eigenvalue weighted by molar-refractivity contribution is -0.132. The van der Waals surface area contributed by atoms with Gasteiger partial charge >= 0.3 is 0 Å². The molecule has 0 spiro atoms. The van der Waals surface area contributed by atoms with Crippen molar-refractivity contribution in [3.8, 4) is 0 Å². The molecule has 94 valence electrons. The zero-order chi connectivity index (χ0) is 13.0. The van der Waals surface area contributed by atoms with Gasteiger partial charge in [-0.1, -0.05) is 18.2 Å². The molecular weight excluding hydrogens is 212 g/mol. The Morgan fingerprint density at radius 3 is 2.41 bits per heavy atom. The van der Waals surface area contributed by atoms with E-state index in [1.807, 2.05) is 0 Å². The van der Waals surface area contributed by atoms with Gasteiger partial charge < -0.3 is 10.6 Å². The normalized spacial score (nSPS) is 12.3. The summed E-state index contributed by atoms with van der Waals surface area (Å²) in [5.74, 6) is -0.0159. The van der Waals surface area contributed by atoms with Crippen molar-refractivity contribution >= 4 is 5.91 Å². The maximum Gasteiger partial charge on any atom is 0.226 e. The van der Waals surface area contributed by atoms with Crippen LogP contribution in [0.15, 0.2) is 18.2 Å². The highest BCUT2D eigenvalue weighted by atomic mass is 16.2. The summed E-state index contributed by atoms with van der Waals surface area (Å²) < 4.78 is 0. The van der Waals surface area contributed by atoms with Crippen LogP contribution in [0.3, 0.4) is 0 Å². The van der Waals surface area contributed by atoms with Crippen LogP contribution in [0.25, 0.3) is 0 Å². The van der Waals surface area contributed by atoms with E-state index in [2.05, 4.69) is 32.0 Å². The molecule has 0 fully saturated rings. The van der Waals surface area contributed by atoms with E-state index in [4.69, 9.17) is 5.73 Å². The number of nitrogens with two attached hydrogens (primary N) is 1. The van der Waals surface area contributed by atoms with Crippen LogP contribution in [-0.2, 0) is 11.2 Å². The van der Waals surface area contributed by atoms with E-state index in [-0.39, 0.29) is 11.8 Å². The molecule has 0 aliphatic rings. The summed E-state index contributed by atoms with van der Waals surface area (Å²) in [6.07, 6.45) is 0.717. The maximum atomic E-state index is 11.9. The number of carbonyl (C=O) groups is 1. The third-order valence-electron chi connectivity index (χ3n) is 3.13. The zero-order valence-electron chi connectivity index (χ0n) is 11.2. The van der Waals surface area contributed by atoms with Crippen molar-refractivity contribution in [2.45, 2.75) is 20.3 Å². The largest absolute Gasteiger partial charge is 0.349 e. The van der Waals surface area contributed by atoms with Gasteiger partial charge in [0.2, 0.25) is 5.91 Å². The minimum absolute atomic E-state index is 0.103. The second-order valence-corrected chi connectivity index (χ2v) is 4.79. The number of nitrogens with zero attached hydrogens (tertiary/aromatic N) is 1. The molecule has 3 heteroatoms. The fraction of sp³-hybridized carbons (Fsp3) is 0.500. The first-order valence-corrected chi connectivity index (χ1v) is 5.93. The van der Waals surface area contributed by atoms with Crippen molar-refractivity contribution < 1.29 is 4.79 Å². The highest BCUT2D eigenvalue weighted by Crippen LogP contribution is 2.14. The van der Waals surface area contributed by atoms with E-state index in [1.165, 1.54) is 16.7 Å².